The van der Waals surface area contributed by atoms with Gasteiger partial charge in [-0.05, 0) is 44.9 Å². The molecule has 0 saturated heterocycles. The van der Waals surface area contributed by atoms with Crippen molar-refractivity contribution in [3.05, 3.63) is 12.2 Å². The highest BCUT2D eigenvalue weighted by Gasteiger charge is 2.19. The van der Waals surface area contributed by atoms with Crippen molar-refractivity contribution in [2.24, 2.45) is 4.99 Å². The van der Waals surface area contributed by atoms with E-state index in [1.165, 1.54) is 96.4 Å². The highest BCUT2D eigenvalue weighted by atomic mass is 31.2. The minimum Gasteiger partial charge on any atom is -0.361 e. The molecule has 0 aliphatic carbocycles. The summed E-state index contributed by atoms with van der Waals surface area (Å²) in [5, 5.41) is 0. The molecule has 0 spiro atoms. The zero-order chi connectivity index (χ0) is 26.6. The van der Waals surface area contributed by atoms with Crippen LogP contribution in [0.4, 0.5) is 0 Å². The number of allylic oxidation sites excluding steroid dienone is 2. The molecule has 1 heterocycles. The SMILES string of the molecule is CCCCCCCCC=CCCCCCCCCN1C=NCC1.CCCCOP(=O)(O)OCCCC. The second-order valence-corrected chi connectivity index (χ2v) is 11.3. The van der Waals surface area contributed by atoms with Crippen LogP contribution in [-0.2, 0) is 13.6 Å². The topological polar surface area (TPSA) is 71.4 Å². The molecule has 36 heavy (non-hydrogen) atoms. The highest BCUT2D eigenvalue weighted by molar-refractivity contribution is 7.47. The van der Waals surface area contributed by atoms with E-state index in [9.17, 15) is 4.57 Å². The molecule has 0 amide bonds. The average Bonchev–Trinajstić information content (AvgIpc) is 3.38. The second-order valence-electron chi connectivity index (χ2n) is 9.84. The summed E-state index contributed by atoms with van der Waals surface area (Å²) in [6, 6.07) is 0. The summed E-state index contributed by atoms with van der Waals surface area (Å²) in [5.41, 5.74) is 0. The van der Waals surface area contributed by atoms with Crippen molar-refractivity contribution in [3.63, 3.8) is 0 Å². The van der Waals surface area contributed by atoms with Crippen LogP contribution in [0.5, 0.6) is 0 Å². The Balaban J connectivity index is 0.000000802. The fourth-order valence-electron chi connectivity index (χ4n) is 3.83. The maximum atomic E-state index is 11.1. The molecule has 0 saturated carbocycles. The first-order valence-corrected chi connectivity index (χ1v) is 16.6. The molecular weight excluding hydrogens is 471 g/mol. The maximum Gasteiger partial charge on any atom is 0.472 e. The maximum absolute atomic E-state index is 11.1. The van der Waals surface area contributed by atoms with Gasteiger partial charge in [0.25, 0.3) is 0 Å². The molecule has 0 aromatic heterocycles. The van der Waals surface area contributed by atoms with E-state index < -0.39 is 7.82 Å². The Morgan fingerprint density at radius 3 is 1.69 bits per heavy atom. The number of phosphoric acid groups is 1. The van der Waals surface area contributed by atoms with E-state index in [0.29, 0.717) is 0 Å². The number of unbranched alkanes of at least 4 members (excludes halogenated alkanes) is 14. The van der Waals surface area contributed by atoms with Crippen LogP contribution in [-0.4, -0.2) is 49.0 Å². The van der Waals surface area contributed by atoms with Crippen molar-refractivity contribution < 1.29 is 18.5 Å². The van der Waals surface area contributed by atoms with Gasteiger partial charge in [0.2, 0.25) is 0 Å². The lowest BCUT2D eigenvalue weighted by Crippen LogP contribution is -2.20. The molecular formula is C29H59N2O4P. The molecule has 0 unspecified atom stereocenters. The van der Waals surface area contributed by atoms with Crippen molar-refractivity contribution in [2.75, 3.05) is 32.8 Å². The zero-order valence-corrected chi connectivity index (χ0v) is 24.9. The third kappa shape index (κ3) is 26.4. The zero-order valence-electron chi connectivity index (χ0n) is 24.0. The third-order valence-corrected chi connectivity index (χ3v) is 7.24. The van der Waals surface area contributed by atoms with Crippen molar-refractivity contribution in [1.82, 2.24) is 4.90 Å². The van der Waals surface area contributed by atoms with Crippen LogP contribution in [0.1, 0.15) is 136 Å². The van der Waals surface area contributed by atoms with Crippen molar-refractivity contribution in [2.45, 2.75) is 136 Å². The first-order chi connectivity index (χ1) is 17.6. The molecule has 0 bridgehead atoms. The molecule has 1 rings (SSSR count). The second kappa shape index (κ2) is 27.4. The van der Waals surface area contributed by atoms with E-state index in [4.69, 9.17) is 13.9 Å². The summed E-state index contributed by atoms with van der Waals surface area (Å²) in [7, 11) is -3.75. The summed E-state index contributed by atoms with van der Waals surface area (Å²) in [6.07, 6.45) is 29.7. The molecule has 6 nitrogen and oxygen atoms in total. The Hall–Kier alpha value is -0.680. The summed E-state index contributed by atoms with van der Waals surface area (Å²) >= 11 is 0. The van der Waals surface area contributed by atoms with Crippen LogP contribution in [0.3, 0.4) is 0 Å². The van der Waals surface area contributed by atoms with Crippen LogP contribution in [0, 0.1) is 0 Å². The lowest BCUT2D eigenvalue weighted by molar-refractivity contribution is 0.146. The lowest BCUT2D eigenvalue weighted by atomic mass is 10.1. The molecule has 0 aromatic rings. The van der Waals surface area contributed by atoms with E-state index in [2.05, 4.69) is 29.0 Å². The lowest BCUT2D eigenvalue weighted by Gasteiger charge is -2.12. The minimum atomic E-state index is -3.75. The Bertz CT molecular complexity index is 543. The number of aliphatic imine (C=N–C) groups is 1. The van der Waals surface area contributed by atoms with Crippen LogP contribution in [0.25, 0.3) is 0 Å². The number of nitrogens with zero attached hydrogens (tertiary/aromatic N) is 2. The number of rotatable bonds is 24. The van der Waals surface area contributed by atoms with Crippen LogP contribution in [0.15, 0.2) is 17.1 Å². The minimum absolute atomic E-state index is 0.288. The van der Waals surface area contributed by atoms with Crippen LogP contribution >= 0.6 is 7.82 Å². The number of hydrogen-bond acceptors (Lipinski definition) is 5. The van der Waals surface area contributed by atoms with Crippen molar-refractivity contribution in [1.29, 1.82) is 0 Å². The first kappa shape index (κ1) is 35.3. The largest absolute Gasteiger partial charge is 0.472 e. The Labute approximate surface area is 223 Å². The molecule has 214 valence electrons. The van der Waals surface area contributed by atoms with Crippen molar-refractivity contribution in [3.8, 4) is 0 Å². The van der Waals surface area contributed by atoms with Gasteiger partial charge in [-0.1, -0.05) is 104 Å². The smallest absolute Gasteiger partial charge is 0.361 e. The summed E-state index contributed by atoms with van der Waals surface area (Å²) in [6.45, 7) is 10.2. The molecule has 0 radical (unpaired) electrons. The van der Waals surface area contributed by atoms with Gasteiger partial charge in [-0.15, -0.1) is 0 Å². The first-order valence-electron chi connectivity index (χ1n) is 15.1. The van der Waals surface area contributed by atoms with Gasteiger partial charge in [0.05, 0.1) is 26.1 Å². The fourth-order valence-corrected chi connectivity index (χ4v) is 4.63. The van der Waals surface area contributed by atoms with E-state index in [1.807, 2.05) is 20.2 Å². The van der Waals surface area contributed by atoms with Crippen LogP contribution < -0.4 is 0 Å². The van der Waals surface area contributed by atoms with Gasteiger partial charge in [0.15, 0.2) is 0 Å². The van der Waals surface area contributed by atoms with E-state index in [0.717, 1.165) is 38.8 Å². The molecule has 0 fully saturated rings. The van der Waals surface area contributed by atoms with E-state index >= 15 is 0 Å². The monoisotopic (exact) mass is 530 g/mol. The molecule has 0 aromatic carbocycles. The predicted octanol–water partition coefficient (Wildman–Crippen LogP) is 9.09. The Morgan fingerprint density at radius 1 is 0.750 bits per heavy atom. The molecule has 1 aliphatic rings. The summed E-state index contributed by atoms with van der Waals surface area (Å²) in [5.74, 6) is 0. The number of phosphoric ester groups is 1. The molecule has 1 aliphatic heterocycles. The fraction of sp³-hybridized carbons (Fsp3) is 0.897. The molecule has 1 N–H and O–H groups in total. The summed E-state index contributed by atoms with van der Waals surface area (Å²) in [4.78, 5) is 15.7. The summed E-state index contributed by atoms with van der Waals surface area (Å²) < 4.78 is 20.5. The van der Waals surface area contributed by atoms with Gasteiger partial charge in [-0.3, -0.25) is 14.0 Å². The van der Waals surface area contributed by atoms with Gasteiger partial charge in [-0.2, -0.15) is 0 Å². The van der Waals surface area contributed by atoms with Gasteiger partial charge in [-0.25, -0.2) is 4.57 Å². The quantitative estimate of drug-likeness (QED) is 0.0765. The average molecular weight is 531 g/mol. The predicted molar refractivity (Wildman–Crippen MR) is 156 cm³/mol. The standard InChI is InChI=1S/C21H40N2.C8H19O4P/c1-2-3-4-5-6-7-8-9-10-11-12-13-14-15-16-17-19-23-20-18-22-21-23;1-3-5-7-11-13(9,10)12-8-6-4-2/h9-10,21H,2-8,11-20H2,1H3;3-8H2,1-2H3,(H,9,10). The van der Waals surface area contributed by atoms with Gasteiger partial charge < -0.3 is 9.79 Å². The third-order valence-electron chi connectivity index (χ3n) is 6.22. The van der Waals surface area contributed by atoms with Crippen molar-refractivity contribution >= 4 is 14.2 Å². The Morgan fingerprint density at radius 2 is 1.22 bits per heavy atom. The Kier molecular flexibility index (Phi) is 26.8. The van der Waals surface area contributed by atoms with Crippen LogP contribution in [0.2, 0.25) is 0 Å². The highest BCUT2D eigenvalue weighted by Crippen LogP contribution is 2.43. The van der Waals surface area contributed by atoms with Gasteiger partial charge >= 0.3 is 7.82 Å². The number of hydrogen-bond donors (Lipinski definition) is 1. The van der Waals surface area contributed by atoms with Gasteiger partial charge in [0, 0.05) is 13.1 Å². The van der Waals surface area contributed by atoms with E-state index in [-0.39, 0.29) is 13.2 Å². The molecule has 0 atom stereocenters. The van der Waals surface area contributed by atoms with E-state index in [1.54, 1.807) is 0 Å². The van der Waals surface area contributed by atoms with Gasteiger partial charge in [0.1, 0.15) is 0 Å². The molecule has 7 heteroatoms. The normalized spacial score (nSPS) is 13.5.